The number of anilines is 1. The second kappa shape index (κ2) is 7.17. The minimum atomic E-state index is -3.15. The van der Waals surface area contributed by atoms with Gasteiger partial charge in [-0.1, -0.05) is 18.5 Å². The molecule has 0 saturated carbocycles. The standard InChI is InChI=1S/C13H20ClN3O2S2/c1-3-15-7-10-6-12(16-8-11(10)14)17-4-5-20-9-13(17)21(2,18)19/h6,8,13,15H,3-5,7,9H2,1-2H3. The molecule has 1 aliphatic heterocycles. The van der Waals surface area contributed by atoms with Crippen LogP contribution >= 0.6 is 23.4 Å². The van der Waals surface area contributed by atoms with Crippen LogP contribution < -0.4 is 10.2 Å². The smallest absolute Gasteiger partial charge is 0.169 e. The normalized spacial score (nSPS) is 19.8. The van der Waals surface area contributed by atoms with Crippen LogP contribution in [0.2, 0.25) is 5.02 Å². The van der Waals surface area contributed by atoms with Crippen molar-refractivity contribution in [3.05, 3.63) is 22.8 Å². The van der Waals surface area contributed by atoms with Gasteiger partial charge in [0.15, 0.2) is 9.84 Å². The van der Waals surface area contributed by atoms with Crippen molar-refractivity contribution in [2.75, 3.05) is 35.8 Å². The van der Waals surface area contributed by atoms with E-state index in [-0.39, 0.29) is 0 Å². The second-order valence-corrected chi connectivity index (χ2v) is 8.73. The number of hydrogen-bond donors (Lipinski definition) is 1. The van der Waals surface area contributed by atoms with E-state index < -0.39 is 15.2 Å². The lowest BCUT2D eigenvalue weighted by molar-refractivity contribution is 0.583. The van der Waals surface area contributed by atoms with Gasteiger partial charge in [0.1, 0.15) is 11.2 Å². The van der Waals surface area contributed by atoms with Crippen molar-refractivity contribution in [1.82, 2.24) is 10.3 Å². The predicted molar refractivity (Wildman–Crippen MR) is 89.9 cm³/mol. The number of pyridine rings is 1. The minimum Gasteiger partial charge on any atom is -0.338 e. The fourth-order valence-corrected chi connectivity index (χ4v) is 5.22. The minimum absolute atomic E-state index is 0.517. The molecule has 21 heavy (non-hydrogen) atoms. The maximum absolute atomic E-state index is 12.0. The van der Waals surface area contributed by atoms with E-state index in [4.69, 9.17) is 11.6 Å². The van der Waals surface area contributed by atoms with Crippen LogP contribution in [-0.4, -0.2) is 49.6 Å². The molecule has 1 unspecified atom stereocenters. The van der Waals surface area contributed by atoms with E-state index in [0.29, 0.717) is 29.7 Å². The van der Waals surface area contributed by atoms with E-state index in [1.54, 1.807) is 18.0 Å². The average Bonchev–Trinajstić information content (AvgIpc) is 2.45. The Hall–Kier alpha value is -0.500. The number of aromatic nitrogens is 1. The molecule has 2 rings (SSSR count). The molecule has 2 heterocycles. The number of nitrogens with one attached hydrogen (secondary N) is 1. The molecular formula is C13H20ClN3O2S2. The molecule has 0 spiro atoms. The summed E-state index contributed by atoms with van der Waals surface area (Å²) >= 11 is 7.82. The summed E-state index contributed by atoms with van der Waals surface area (Å²) in [4.78, 5) is 6.20. The Balaban J connectivity index is 2.30. The van der Waals surface area contributed by atoms with Crippen LogP contribution in [0.1, 0.15) is 12.5 Å². The molecule has 1 N–H and O–H groups in total. The number of hydrogen-bond acceptors (Lipinski definition) is 6. The number of sulfone groups is 1. The summed E-state index contributed by atoms with van der Waals surface area (Å²) in [7, 11) is -3.15. The van der Waals surface area contributed by atoms with E-state index in [1.165, 1.54) is 6.26 Å². The molecule has 0 bridgehead atoms. The third kappa shape index (κ3) is 4.25. The quantitative estimate of drug-likeness (QED) is 0.874. The van der Waals surface area contributed by atoms with E-state index >= 15 is 0 Å². The Morgan fingerprint density at radius 1 is 1.57 bits per heavy atom. The van der Waals surface area contributed by atoms with E-state index in [1.807, 2.05) is 17.9 Å². The SMILES string of the molecule is CCNCc1cc(N2CCSCC2S(C)(=O)=O)ncc1Cl. The molecule has 5 nitrogen and oxygen atoms in total. The van der Waals surface area contributed by atoms with Crippen LogP contribution in [-0.2, 0) is 16.4 Å². The molecule has 1 saturated heterocycles. The van der Waals surface area contributed by atoms with Crippen molar-refractivity contribution in [2.24, 2.45) is 0 Å². The zero-order valence-electron chi connectivity index (χ0n) is 12.2. The predicted octanol–water partition coefficient (Wildman–Crippen LogP) is 1.77. The molecule has 0 amide bonds. The Labute approximate surface area is 135 Å². The average molecular weight is 350 g/mol. The van der Waals surface area contributed by atoms with Gasteiger partial charge in [0.25, 0.3) is 0 Å². The monoisotopic (exact) mass is 349 g/mol. The first-order chi connectivity index (χ1) is 9.93. The zero-order chi connectivity index (χ0) is 15.5. The van der Waals surface area contributed by atoms with Gasteiger partial charge in [0, 0.05) is 37.0 Å². The van der Waals surface area contributed by atoms with Crippen LogP contribution in [0.25, 0.3) is 0 Å². The molecular weight excluding hydrogens is 330 g/mol. The van der Waals surface area contributed by atoms with Gasteiger partial charge in [0.2, 0.25) is 0 Å². The lowest BCUT2D eigenvalue weighted by Crippen LogP contribution is -2.47. The van der Waals surface area contributed by atoms with E-state index in [0.717, 1.165) is 17.9 Å². The summed E-state index contributed by atoms with van der Waals surface area (Å²) < 4.78 is 23.9. The molecule has 1 atom stereocenters. The molecule has 118 valence electrons. The lowest BCUT2D eigenvalue weighted by Gasteiger charge is -2.35. The third-order valence-corrected chi connectivity index (χ3v) is 6.34. The molecule has 0 radical (unpaired) electrons. The number of nitrogens with zero attached hydrogens (tertiary/aromatic N) is 2. The molecule has 0 aromatic carbocycles. The highest BCUT2D eigenvalue weighted by Crippen LogP contribution is 2.27. The van der Waals surface area contributed by atoms with Crippen LogP contribution in [0.3, 0.4) is 0 Å². The van der Waals surface area contributed by atoms with Gasteiger partial charge in [-0.2, -0.15) is 11.8 Å². The van der Waals surface area contributed by atoms with Gasteiger partial charge in [-0.05, 0) is 18.2 Å². The fourth-order valence-electron chi connectivity index (χ4n) is 2.22. The third-order valence-electron chi connectivity index (χ3n) is 3.36. The van der Waals surface area contributed by atoms with Crippen LogP contribution in [0, 0.1) is 0 Å². The molecule has 1 aromatic rings. The number of rotatable bonds is 5. The van der Waals surface area contributed by atoms with Gasteiger partial charge in [0.05, 0.1) is 5.02 Å². The van der Waals surface area contributed by atoms with Crippen molar-refractivity contribution in [3.8, 4) is 0 Å². The number of thioether (sulfide) groups is 1. The highest BCUT2D eigenvalue weighted by Gasteiger charge is 2.32. The Bertz CT molecular complexity index is 595. The van der Waals surface area contributed by atoms with Crippen LogP contribution in [0.4, 0.5) is 5.82 Å². The van der Waals surface area contributed by atoms with Gasteiger partial charge in [-0.3, -0.25) is 0 Å². The maximum atomic E-state index is 12.0. The van der Waals surface area contributed by atoms with Gasteiger partial charge in [-0.25, -0.2) is 13.4 Å². The second-order valence-electron chi connectivity index (χ2n) is 4.97. The first kappa shape index (κ1) is 16.9. The summed E-state index contributed by atoms with van der Waals surface area (Å²) in [6.45, 7) is 4.20. The van der Waals surface area contributed by atoms with Crippen molar-refractivity contribution in [2.45, 2.75) is 18.8 Å². The molecule has 1 aliphatic rings. The Morgan fingerprint density at radius 2 is 2.33 bits per heavy atom. The largest absolute Gasteiger partial charge is 0.338 e. The van der Waals surface area contributed by atoms with Crippen LogP contribution in [0.15, 0.2) is 12.3 Å². The topological polar surface area (TPSA) is 62.3 Å². The first-order valence-corrected chi connectivity index (χ1v) is 10.3. The van der Waals surface area contributed by atoms with Crippen LogP contribution in [0.5, 0.6) is 0 Å². The molecule has 1 fully saturated rings. The van der Waals surface area contributed by atoms with Gasteiger partial charge >= 0.3 is 0 Å². The summed E-state index contributed by atoms with van der Waals surface area (Å²) in [5.74, 6) is 2.16. The van der Waals surface area contributed by atoms with Crippen molar-refractivity contribution >= 4 is 39.0 Å². The van der Waals surface area contributed by atoms with E-state index in [2.05, 4.69) is 10.3 Å². The number of halogens is 1. The summed E-state index contributed by atoms with van der Waals surface area (Å²) in [5, 5.41) is 3.31. The Morgan fingerprint density at radius 3 is 3.00 bits per heavy atom. The fraction of sp³-hybridized carbons (Fsp3) is 0.615. The van der Waals surface area contributed by atoms with Crippen molar-refractivity contribution < 1.29 is 8.42 Å². The van der Waals surface area contributed by atoms with Crippen molar-refractivity contribution in [3.63, 3.8) is 0 Å². The highest BCUT2D eigenvalue weighted by molar-refractivity contribution is 8.01. The molecule has 1 aromatic heterocycles. The molecule has 8 heteroatoms. The first-order valence-electron chi connectivity index (χ1n) is 6.82. The molecule has 0 aliphatic carbocycles. The van der Waals surface area contributed by atoms with E-state index in [9.17, 15) is 8.42 Å². The lowest BCUT2D eigenvalue weighted by atomic mass is 10.2. The maximum Gasteiger partial charge on any atom is 0.169 e. The van der Waals surface area contributed by atoms with Crippen molar-refractivity contribution in [1.29, 1.82) is 0 Å². The highest BCUT2D eigenvalue weighted by atomic mass is 35.5. The van der Waals surface area contributed by atoms with Gasteiger partial charge < -0.3 is 10.2 Å². The Kier molecular flexibility index (Phi) is 5.76. The zero-order valence-corrected chi connectivity index (χ0v) is 14.6. The summed E-state index contributed by atoms with van der Waals surface area (Å²) in [6.07, 6.45) is 2.89. The summed E-state index contributed by atoms with van der Waals surface area (Å²) in [6, 6.07) is 1.89. The van der Waals surface area contributed by atoms with Gasteiger partial charge in [-0.15, -0.1) is 0 Å². The summed E-state index contributed by atoms with van der Waals surface area (Å²) in [5.41, 5.74) is 0.939.